The molecule has 1 aliphatic heterocycles. The molecule has 0 aromatic heterocycles. The number of hydrogen-bond donors (Lipinski definition) is 4. The number of rotatable bonds is 3. The molecular formula is C7H15N2O4P. The highest BCUT2D eigenvalue weighted by Crippen LogP contribution is 2.39. The summed E-state index contributed by atoms with van der Waals surface area (Å²) < 4.78 is 10.7. The number of carbonyl (C=O) groups is 1. The first kappa shape index (κ1) is 11.7. The van der Waals surface area contributed by atoms with Crippen LogP contribution in [-0.4, -0.2) is 34.1 Å². The van der Waals surface area contributed by atoms with Gasteiger partial charge in [0.1, 0.15) is 5.78 Å². The molecule has 4 N–H and O–H groups in total. The first-order valence-electron chi connectivity index (χ1n) is 4.50. The van der Waals surface area contributed by atoms with Crippen molar-refractivity contribution >= 4 is 13.5 Å². The SMILES string of the molecule is C[C@H](NC(=O)[C@@H]1CCCN1)P(=O)(O)O. The fourth-order valence-corrected chi connectivity index (χ4v) is 1.59. The Morgan fingerprint density at radius 3 is 2.71 bits per heavy atom. The Labute approximate surface area is 82.2 Å². The molecule has 6 nitrogen and oxygen atoms in total. The van der Waals surface area contributed by atoms with Gasteiger partial charge in [0.2, 0.25) is 5.91 Å². The number of hydrogen-bond acceptors (Lipinski definition) is 3. The lowest BCUT2D eigenvalue weighted by molar-refractivity contribution is -0.123. The molecule has 7 heteroatoms. The van der Waals surface area contributed by atoms with E-state index < -0.39 is 13.4 Å². The lowest BCUT2D eigenvalue weighted by Crippen LogP contribution is -2.44. The third-order valence-electron chi connectivity index (χ3n) is 2.23. The second-order valence-corrected chi connectivity index (χ2v) is 5.38. The summed E-state index contributed by atoms with van der Waals surface area (Å²) in [6.07, 6.45) is 1.64. The number of carbonyl (C=O) groups excluding carboxylic acids is 1. The van der Waals surface area contributed by atoms with Crippen LogP contribution in [0.3, 0.4) is 0 Å². The van der Waals surface area contributed by atoms with Gasteiger partial charge in [-0.1, -0.05) is 0 Å². The molecule has 0 aromatic rings. The molecule has 0 aliphatic carbocycles. The van der Waals surface area contributed by atoms with Crippen molar-refractivity contribution in [1.29, 1.82) is 0 Å². The molecule has 82 valence electrons. The summed E-state index contributed by atoms with van der Waals surface area (Å²) >= 11 is 0. The summed E-state index contributed by atoms with van der Waals surface area (Å²) in [4.78, 5) is 28.9. The molecular weight excluding hydrogens is 207 g/mol. The number of amides is 1. The van der Waals surface area contributed by atoms with Gasteiger partial charge in [-0.2, -0.15) is 0 Å². The van der Waals surface area contributed by atoms with Crippen LogP contribution in [-0.2, 0) is 9.36 Å². The van der Waals surface area contributed by atoms with Gasteiger partial charge in [-0.25, -0.2) is 0 Å². The van der Waals surface area contributed by atoms with Crippen molar-refractivity contribution in [2.24, 2.45) is 0 Å². The van der Waals surface area contributed by atoms with Crippen molar-refractivity contribution in [3.05, 3.63) is 0 Å². The van der Waals surface area contributed by atoms with Gasteiger partial charge in [-0.3, -0.25) is 9.36 Å². The van der Waals surface area contributed by atoms with Crippen LogP contribution in [0.5, 0.6) is 0 Å². The lowest BCUT2D eigenvalue weighted by atomic mass is 10.2. The maximum Gasteiger partial charge on any atom is 0.347 e. The summed E-state index contributed by atoms with van der Waals surface area (Å²) in [5.41, 5.74) is 0. The zero-order valence-electron chi connectivity index (χ0n) is 7.93. The Kier molecular flexibility index (Phi) is 3.66. The molecule has 0 spiro atoms. The maximum atomic E-state index is 11.4. The third-order valence-corrected chi connectivity index (χ3v) is 3.37. The van der Waals surface area contributed by atoms with E-state index in [1.54, 1.807) is 0 Å². The molecule has 0 bridgehead atoms. The highest BCUT2D eigenvalue weighted by molar-refractivity contribution is 7.52. The van der Waals surface area contributed by atoms with Crippen LogP contribution < -0.4 is 10.6 Å². The van der Waals surface area contributed by atoms with Gasteiger partial charge in [-0.15, -0.1) is 0 Å². The molecule has 0 aromatic carbocycles. The average Bonchev–Trinajstić information content (AvgIpc) is 2.53. The summed E-state index contributed by atoms with van der Waals surface area (Å²) in [5.74, 6) is -1.45. The van der Waals surface area contributed by atoms with E-state index in [4.69, 9.17) is 9.79 Å². The molecule has 2 atom stereocenters. The van der Waals surface area contributed by atoms with E-state index in [1.807, 2.05) is 0 Å². The minimum atomic E-state index is -4.21. The first-order valence-corrected chi connectivity index (χ1v) is 6.18. The second kappa shape index (κ2) is 4.40. The van der Waals surface area contributed by atoms with Crippen LogP contribution >= 0.6 is 7.60 Å². The summed E-state index contributed by atoms with van der Waals surface area (Å²) in [6.45, 7) is 2.08. The Morgan fingerprint density at radius 1 is 1.64 bits per heavy atom. The van der Waals surface area contributed by atoms with Gasteiger partial charge in [0.05, 0.1) is 6.04 Å². The Hall–Kier alpha value is -0.420. The predicted molar refractivity (Wildman–Crippen MR) is 50.7 cm³/mol. The molecule has 1 rings (SSSR count). The normalized spacial score (nSPS) is 24.6. The zero-order valence-corrected chi connectivity index (χ0v) is 8.83. The van der Waals surface area contributed by atoms with Crippen LogP contribution in [0.15, 0.2) is 0 Å². The lowest BCUT2D eigenvalue weighted by Gasteiger charge is -2.17. The molecule has 0 unspecified atom stereocenters. The van der Waals surface area contributed by atoms with Crippen molar-refractivity contribution in [1.82, 2.24) is 10.6 Å². The highest BCUT2D eigenvalue weighted by atomic mass is 31.2. The van der Waals surface area contributed by atoms with Crippen LogP contribution in [0.2, 0.25) is 0 Å². The molecule has 1 amide bonds. The van der Waals surface area contributed by atoms with Gasteiger partial charge >= 0.3 is 7.60 Å². The summed E-state index contributed by atoms with van der Waals surface area (Å²) in [7, 11) is -4.21. The van der Waals surface area contributed by atoms with E-state index in [2.05, 4.69) is 10.6 Å². The van der Waals surface area contributed by atoms with Crippen LogP contribution in [0.1, 0.15) is 19.8 Å². The van der Waals surface area contributed by atoms with Crippen LogP contribution in [0.25, 0.3) is 0 Å². The fourth-order valence-electron chi connectivity index (χ4n) is 1.30. The van der Waals surface area contributed by atoms with Crippen molar-refractivity contribution in [3.63, 3.8) is 0 Å². The quantitative estimate of drug-likeness (QED) is 0.477. The molecule has 1 saturated heterocycles. The maximum absolute atomic E-state index is 11.4. The molecule has 0 radical (unpaired) electrons. The third kappa shape index (κ3) is 3.06. The van der Waals surface area contributed by atoms with E-state index in [9.17, 15) is 9.36 Å². The van der Waals surface area contributed by atoms with Crippen molar-refractivity contribution < 1.29 is 19.1 Å². The van der Waals surface area contributed by atoms with E-state index in [-0.39, 0.29) is 11.9 Å². The van der Waals surface area contributed by atoms with E-state index >= 15 is 0 Å². The van der Waals surface area contributed by atoms with E-state index in [0.717, 1.165) is 19.4 Å². The monoisotopic (exact) mass is 222 g/mol. The largest absolute Gasteiger partial charge is 0.347 e. The Morgan fingerprint density at radius 2 is 2.29 bits per heavy atom. The minimum Gasteiger partial charge on any atom is -0.341 e. The average molecular weight is 222 g/mol. The van der Waals surface area contributed by atoms with Crippen LogP contribution in [0.4, 0.5) is 0 Å². The van der Waals surface area contributed by atoms with Crippen molar-refractivity contribution in [2.45, 2.75) is 31.6 Å². The van der Waals surface area contributed by atoms with Crippen molar-refractivity contribution in [2.75, 3.05) is 6.54 Å². The van der Waals surface area contributed by atoms with Gasteiger partial charge in [0.25, 0.3) is 0 Å². The topological polar surface area (TPSA) is 98.7 Å². The number of nitrogens with one attached hydrogen (secondary N) is 2. The van der Waals surface area contributed by atoms with Gasteiger partial charge in [0.15, 0.2) is 0 Å². The zero-order chi connectivity index (χ0) is 10.8. The molecule has 1 aliphatic rings. The standard InChI is InChI=1S/C7H15N2O4P/c1-5(14(11,12)13)9-7(10)6-3-2-4-8-6/h5-6,8H,2-4H2,1H3,(H,9,10)(H2,11,12,13)/t5-,6+/m1/s1. The molecule has 1 fully saturated rings. The predicted octanol–water partition coefficient (Wildman–Crippen LogP) is -0.622. The second-order valence-electron chi connectivity index (χ2n) is 3.42. The highest BCUT2D eigenvalue weighted by Gasteiger charge is 2.29. The van der Waals surface area contributed by atoms with Crippen molar-refractivity contribution in [3.8, 4) is 0 Å². The smallest absolute Gasteiger partial charge is 0.341 e. The van der Waals surface area contributed by atoms with Gasteiger partial charge in [-0.05, 0) is 26.3 Å². The molecule has 1 heterocycles. The van der Waals surface area contributed by atoms with Gasteiger partial charge < -0.3 is 20.4 Å². The van der Waals surface area contributed by atoms with Crippen LogP contribution in [0, 0.1) is 0 Å². The molecule has 14 heavy (non-hydrogen) atoms. The molecule has 0 saturated carbocycles. The Bertz CT molecular complexity index is 258. The van der Waals surface area contributed by atoms with E-state index in [0.29, 0.717) is 0 Å². The van der Waals surface area contributed by atoms with E-state index in [1.165, 1.54) is 6.92 Å². The minimum absolute atomic E-state index is 0.302. The summed E-state index contributed by atoms with van der Waals surface area (Å²) in [6, 6.07) is -0.302. The fraction of sp³-hybridized carbons (Fsp3) is 0.857. The first-order chi connectivity index (χ1) is 6.41. The summed E-state index contributed by atoms with van der Waals surface area (Å²) in [5, 5.41) is 5.25. The van der Waals surface area contributed by atoms with Gasteiger partial charge in [0, 0.05) is 0 Å². The Balaban J connectivity index is 2.44.